The molecule has 1 aliphatic rings. The first-order valence-electron chi connectivity index (χ1n) is 4.44. The van der Waals surface area contributed by atoms with E-state index in [9.17, 15) is 13.6 Å². The van der Waals surface area contributed by atoms with Gasteiger partial charge in [-0.2, -0.15) is 0 Å². The number of ether oxygens (including phenoxy) is 1. The molecule has 1 fully saturated rings. The highest BCUT2D eigenvalue weighted by Crippen LogP contribution is 2.45. The van der Waals surface area contributed by atoms with Crippen molar-refractivity contribution >= 4 is 17.0 Å². The molecule has 14 heavy (non-hydrogen) atoms. The number of hydrogen-bond acceptors (Lipinski definition) is 5. The molecule has 6 heteroatoms. The standard InChI is InChI=1S/C8H15NO4S/c1-13-7(10)8(9)5-6(8)3-2-4-14(11)12/h6H,2-5,9H2,1H3,(H,11,12)/p-1. The van der Waals surface area contributed by atoms with Crippen molar-refractivity contribution in [2.45, 2.75) is 24.8 Å². The SMILES string of the molecule is COC(=O)C1(N)CC1CCCS(=O)[O-]. The number of carbonyl (C=O) groups is 1. The summed E-state index contributed by atoms with van der Waals surface area (Å²) in [5, 5.41) is 0. The Morgan fingerprint density at radius 3 is 2.93 bits per heavy atom. The Labute approximate surface area is 85.3 Å². The lowest BCUT2D eigenvalue weighted by Gasteiger charge is -2.08. The van der Waals surface area contributed by atoms with E-state index in [2.05, 4.69) is 4.74 Å². The third-order valence-electron chi connectivity index (χ3n) is 2.58. The molecule has 1 rings (SSSR count). The third kappa shape index (κ3) is 2.52. The van der Waals surface area contributed by atoms with Crippen LogP contribution in [0.4, 0.5) is 0 Å². The fraction of sp³-hybridized carbons (Fsp3) is 0.875. The highest BCUT2D eigenvalue weighted by Gasteiger charge is 2.57. The Balaban J connectivity index is 2.25. The second-order valence-corrected chi connectivity index (χ2v) is 4.60. The molecule has 0 aromatic heterocycles. The second kappa shape index (κ2) is 4.37. The van der Waals surface area contributed by atoms with Crippen LogP contribution in [0, 0.1) is 5.92 Å². The predicted molar refractivity (Wildman–Crippen MR) is 50.1 cm³/mol. The first-order chi connectivity index (χ1) is 6.50. The molecule has 0 heterocycles. The van der Waals surface area contributed by atoms with E-state index in [-0.39, 0.29) is 11.7 Å². The van der Waals surface area contributed by atoms with Gasteiger partial charge in [0, 0.05) is 5.75 Å². The van der Waals surface area contributed by atoms with Crippen LogP contribution in [-0.2, 0) is 20.6 Å². The molecule has 0 radical (unpaired) electrons. The average Bonchev–Trinajstić information content (AvgIpc) is 2.77. The van der Waals surface area contributed by atoms with Gasteiger partial charge in [0.15, 0.2) is 0 Å². The van der Waals surface area contributed by atoms with Gasteiger partial charge in [-0.25, -0.2) is 0 Å². The number of nitrogens with two attached hydrogens (primary N) is 1. The highest BCUT2D eigenvalue weighted by atomic mass is 32.2. The minimum absolute atomic E-state index is 0.0819. The lowest BCUT2D eigenvalue weighted by molar-refractivity contribution is -0.143. The zero-order valence-electron chi connectivity index (χ0n) is 8.02. The van der Waals surface area contributed by atoms with E-state index >= 15 is 0 Å². The Bertz CT molecular complexity index is 258. The number of esters is 1. The van der Waals surface area contributed by atoms with Crippen molar-refractivity contribution in [1.82, 2.24) is 0 Å². The molecule has 2 N–H and O–H groups in total. The van der Waals surface area contributed by atoms with Crippen LogP contribution in [0.1, 0.15) is 19.3 Å². The number of methoxy groups -OCH3 is 1. The second-order valence-electron chi connectivity index (χ2n) is 3.58. The van der Waals surface area contributed by atoms with E-state index in [0.29, 0.717) is 19.3 Å². The molecule has 1 saturated carbocycles. The third-order valence-corrected chi connectivity index (χ3v) is 3.20. The summed E-state index contributed by atoms with van der Waals surface area (Å²) < 4.78 is 25.0. The van der Waals surface area contributed by atoms with Crippen LogP contribution in [0.15, 0.2) is 0 Å². The van der Waals surface area contributed by atoms with Gasteiger partial charge in [0.25, 0.3) is 0 Å². The van der Waals surface area contributed by atoms with Gasteiger partial charge in [0.2, 0.25) is 0 Å². The van der Waals surface area contributed by atoms with Crippen LogP contribution in [-0.4, -0.2) is 33.1 Å². The van der Waals surface area contributed by atoms with Crippen LogP contribution >= 0.6 is 0 Å². The summed E-state index contributed by atoms with van der Waals surface area (Å²) in [5.41, 5.74) is 4.89. The molecule has 0 bridgehead atoms. The van der Waals surface area contributed by atoms with Gasteiger partial charge >= 0.3 is 5.97 Å². The Kier molecular flexibility index (Phi) is 3.63. The fourth-order valence-corrected chi connectivity index (χ4v) is 2.00. The van der Waals surface area contributed by atoms with Crippen LogP contribution in [0.2, 0.25) is 0 Å². The smallest absolute Gasteiger partial charge is 0.326 e. The highest BCUT2D eigenvalue weighted by molar-refractivity contribution is 7.79. The van der Waals surface area contributed by atoms with Gasteiger partial charge in [-0.05, 0) is 25.2 Å². The maximum Gasteiger partial charge on any atom is 0.326 e. The lowest BCUT2D eigenvalue weighted by Crippen LogP contribution is -2.36. The van der Waals surface area contributed by atoms with Crippen LogP contribution < -0.4 is 5.73 Å². The molecular formula is C8H14NO4S-. The van der Waals surface area contributed by atoms with E-state index < -0.39 is 22.6 Å². The number of hydrogen-bond donors (Lipinski definition) is 1. The van der Waals surface area contributed by atoms with Gasteiger partial charge in [-0.1, -0.05) is 11.1 Å². The predicted octanol–water partition coefficient (Wildman–Crippen LogP) is -0.464. The Morgan fingerprint density at radius 2 is 2.43 bits per heavy atom. The average molecular weight is 220 g/mol. The zero-order valence-corrected chi connectivity index (χ0v) is 8.84. The normalized spacial score (nSPS) is 32.4. The summed E-state index contributed by atoms with van der Waals surface area (Å²) in [5.74, 6) is -0.183. The maximum absolute atomic E-state index is 11.1. The molecule has 5 nitrogen and oxygen atoms in total. The van der Waals surface area contributed by atoms with Crippen molar-refractivity contribution in [2.24, 2.45) is 11.7 Å². The molecule has 0 saturated heterocycles. The number of rotatable bonds is 5. The molecule has 0 aliphatic heterocycles. The minimum Gasteiger partial charge on any atom is -0.772 e. The van der Waals surface area contributed by atoms with Crippen molar-refractivity contribution in [3.05, 3.63) is 0 Å². The van der Waals surface area contributed by atoms with Crippen molar-refractivity contribution in [2.75, 3.05) is 12.9 Å². The van der Waals surface area contributed by atoms with Gasteiger partial charge in [0.05, 0.1) is 7.11 Å². The van der Waals surface area contributed by atoms with E-state index in [1.54, 1.807) is 0 Å². The Morgan fingerprint density at radius 1 is 1.79 bits per heavy atom. The van der Waals surface area contributed by atoms with E-state index in [0.717, 1.165) is 0 Å². The van der Waals surface area contributed by atoms with Gasteiger partial charge in [0.1, 0.15) is 5.54 Å². The molecule has 0 spiro atoms. The molecule has 3 atom stereocenters. The molecule has 3 unspecified atom stereocenters. The number of carbonyl (C=O) groups excluding carboxylic acids is 1. The van der Waals surface area contributed by atoms with E-state index in [1.807, 2.05) is 0 Å². The topological polar surface area (TPSA) is 92.5 Å². The monoisotopic (exact) mass is 220 g/mol. The Hall–Kier alpha value is -0.460. The largest absolute Gasteiger partial charge is 0.772 e. The lowest BCUT2D eigenvalue weighted by atomic mass is 10.1. The van der Waals surface area contributed by atoms with Crippen LogP contribution in [0.25, 0.3) is 0 Å². The molecule has 0 aromatic rings. The summed E-state index contributed by atoms with van der Waals surface area (Å²) in [6.07, 6.45) is 1.82. The van der Waals surface area contributed by atoms with Gasteiger partial charge < -0.3 is 15.0 Å². The van der Waals surface area contributed by atoms with Crippen LogP contribution in [0.3, 0.4) is 0 Å². The zero-order chi connectivity index (χ0) is 10.8. The van der Waals surface area contributed by atoms with Crippen molar-refractivity contribution < 1.29 is 18.3 Å². The van der Waals surface area contributed by atoms with Crippen molar-refractivity contribution in [3.63, 3.8) is 0 Å². The summed E-state index contributed by atoms with van der Waals surface area (Å²) in [6.45, 7) is 0. The fourth-order valence-electron chi connectivity index (χ4n) is 1.60. The minimum atomic E-state index is -2.00. The van der Waals surface area contributed by atoms with Crippen molar-refractivity contribution in [1.29, 1.82) is 0 Å². The van der Waals surface area contributed by atoms with Crippen molar-refractivity contribution in [3.8, 4) is 0 Å². The summed E-state index contributed by atoms with van der Waals surface area (Å²) in [7, 11) is 1.30. The maximum atomic E-state index is 11.1. The molecular weight excluding hydrogens is 206 g/mol. The summed E-state index contributed by atoms with van der Waals surface area (Å²) >= 11 is -2.00. The van der Waals surface area contributed by atoms with E-state index in [4.69, 9.17) is 5.73 Å². The quantitative estimate of drug-likeness (QED) is 0.499. The first kappa shape index (κ1) is 11.6. The molecule has 82 valence electrons. The van der Waals surface area contributed by atoms with Gasteiger partial charge in [-0.3, -0.25) is 9.00 Å². The molecule has 1 aliphatic carbocycles. The molecule has 0 aromatic carbocycles. The van der Waals surface area contributed by atoms with Crippen LogP contribution in [0.5, 0.6) is 0 Å². The van der Waals surface area contributed by atoms with E-state index in [1.165, 1.54) is 7.11 Å². The summed E-state index contributed by atoms with van der Waals surface area (Å²) in [6, 6.07) is 0. The summed E-state index contributed by atoms with van der Waals surface area (Å²) in [4.78, 5) is 11.1. The van der Waals surface area contributed by atoms with Gasteiger partial charge in [-0.15, -0.1) is 0 Å². The molecule has 0 amide bonds. The first-order valence-corrected chi connectivity index (χ1v) is 5.68.